The molecule has 0 spiro atoms. The molecule has 0 aromatic carbocycles. The Kier molecular flexibility index (Phi) is 5.87. The number of imidazole rings is 1. The molecule has 170 valence electrons. The predicted octanol–water partition coefficient (Wildman–Crippen LogP) is 6.14. The number of nitrogens with zero attached hydrogens (tertiary/aromatic N) is 4. The minimum absolute atomic E-state index is 0.157. The van der Waals surface area contributed by atoms with Crippen LogP contribution in [0.1, 0.15) is 38.1 Å². The zero-order valence-electron chi connectivity index (χ0n) is 18.4. The molecule has 5 nitrogen and oxygen atoms in total. The molecule has 0 radical (unpaired) electrons. The van der Waals surface area contributed by atoms with E-state index in [0.29, 0.717) is 23.1 Å². The first-order valence-electron chi connectivity index (χ1n) is 10.6. The molecule has 1 aliphatic heterocycles. The van der Waals surface area contributed by atoms with Gasteiger partial charge in [0.15, 0.2) is 5.82 Å². The average molecular weight is 462 g/mol. The topological polar surface area (TPSA) is 46.0 Å². The Morgan fingerprint density at radius 1 is 1.31 bits per heavy atom. The Morgan fingerprint density at radius 3 is 2.62 bits per heavy atom. The average Bonchev–Trinajstić information content (AvgIpc) is 3.52. The molecular weight excluding hydrogens is 435 g/mol. The summed E-state index contributed by atoms with van der Waals surface area (Å²) in [6, 6.07) is 2.00. The molecule has 1 aliphatic carbocycles. The zero-order chi connectivity index (χ0) is 23.2. The van der Waals surface area contributed by atoms with Crippen LogP contribution in [0.15, 0.2) is 41.7 Å². The van der Waals surface area contributed by atoms with Crippen molar-refractivity contribution in [2.24, 2.45) is 13.0 Å². The highest BCUT2D eigenvalue weighted by Gasteiger charge is 2.42. The van der Waals surface area contributed by atoms with Crippen LogP contribution in [0.2, 0.25) is 0 Å². The number of allylic oxidation sites excluding steroid dienone is 2. The lowest BCUT2D eigenvalue weighted by Gasteiger charge is -2.32. The summed E-state index contributed by atoms with van der Waals surface area (Å²) >= 11 is 1.61. The van der Waals surface area contributed by atoms with Gasteiger partial charge in [-0.1, -0.05) is 20.1 Å². The fraction of sp³-hybridized carbons (Fsp3) is 0.391. The van der Waals surface area contributed by atoms with Gasteiger partial charge in [-0.2, -0.15) is 13.2 Å². The number of rotatable bonds is 7. The van der Waals surface area contributed by atoms with Crippen LogP contribution in [-0.2, 0) is 7.05 Å². The van der Waals surface area contributed by atoms with Crippen molar-refractivity contribution in [3.05, 3.63) is 48.2 Å². The molecular formula is C23H26F3N5S. The summed E-state index contributed by atoms with van der Waals surface area (Å²) in [6.45, 7) is 11.9. The molecule has 2 aromatic rings. The maximum absolute atomic E-state index is 13.6. The number of alkyl halides is 3. The normalized spacial score (nSPS) is 16.1. The van der Waals surface area contributed by atoms with Gasteiger partial charge in [-0.3, -0.25) is 0 Å². The first-order chi connectivity index (χ1) is 15.2. The molecule has 0 bridgehead atoms. The van der Waals surface area contributed by atoms with Gasteiger partial charge in [0.1, 0.15) is 11.4 Å². The van der Waals surface area contributed by atoms with Crippen LogP contribution < -0.4 is 5.32 Å². The summed E-state index contributed by atoms with van der Waals surface area (Å²) in [4.78, 5) is 11.3. The van der Waals surface area contributed by atoms with E-state index in [9.17, 15) is 13.2 Å². The van der Waals surface area contributed by atoms with E-state index in [2.05, 4.69) is 28.4 Å². The van der Waals surface area contributed by atoms with Crippen molar-refractivity contribution in [2.45, 2.75) is 37.8 Å². The molecule has 4 rings (SSSR count). The molecule has 1 N–H and O–H groups in total. The largest absolute Gasteiger partial charge is 0.431 e. The number of halogens is 3. The van der Waals surface area contributed by atoms with Gasteiger partial charge in [-0.15, -0.1) is 11.8 Å². The molecule has 3 heterocycles. The minimum Gasteiger partial charge on any atom is -0.358 e. The molecule has 1 saturated carbocycles. The number of hydrogen-bond acceptors (Lipinski definition) is 5. The second-order valence-corrected chi connectivity index (χ2v) is 9.18. The number of nitrogens with one attached hydrogen (secondary N) is 1. The summed E-state index contributed by atoms with van der Waals surface area (Å²) in [6.07, 6.45) is 0.629. The van der Waals surface area contributed by atoms with Crippen molar-refractivity contribution < 1.29 is 13.2 Å². The van der Waals surface area contributed by atoms with Crippen molar-refractivity contribution in [2.75, 3.05) is 17.6 Å². The third kappa shape index (κ3) is 4.05. The van der Waals surface area contributed by atoms with Crippen LogP contribution >= 0.6 is 11.8 Å². The molecule has 0 atom stereocenters. The highest BCUT2D eigenvalue weighted by Crippen LogP contribution is 2.42. The number of pyridine rings is 1. The Bertz CT molecular complexity index is 1110. The standard InChI is InChI=1S/C23H26F3N5S/c1-6-31-14(4)21-17(11-19(31)23(24,25)26)29-22(30(21)5)20-18(32-7-2)10-16(12-27-20)28-13(3)15-8-9-15/h10-12,15,28H,3-4,6-9H2,1-2,5H3. The fourth-order valence-corrected chi connectivity index (χ4v) is 4.72. The van der Waals surface area contributed by atoms with Crippen molar-refractivity contribution in [1.29, 1.82) is 0 Å². The van der Waals surface area contributed by atoms with Gasteiger partial charge in [0.05, 0.1) is 29.0 Å². The molecule has 0 saturated heterocycles. The van der Waals surface area contributed by atoms with Gasteiger partial charge in [0, 0.05) is 24.2 Å². The maximum atomic E-state index is 13.6. The summed E-state index contributed by atoms with van der Waals surface area (Å²) in [7, 11) is 1.79. The highest BCUT2D eigenvalue weighted by molar-refractivity contribution is 7.99. The monoisotopic (exact) mass is 461 g/mol. The van der Waals surface area contributed by atoms with E-state index in [-0.39, 0.29) is 17.9 Å². The van der Waals surface area contributed by atoms with E-state index in [1.165, 1.54) is 4.90 Å². The number of thioether (sulfide) groups is 1. The second-order valence-electron chi connectivity index (χ2n) is 7.87. The Morgan fingerprint density at radius 2 is 2.03 bits per heavy atom. The second kappa shape index (κ2) is 8.35. The molecule has 0 amide bonds. The van der Waals surface area contributed by atoms with E-state index in [4.69, 9.17) is 0 Å². The lowest BCUT2D eigenvalue weighted by atomic mass is 10.1. The molecule has 9 heteroatoms. The van der Waals surface area contributed by atoms with E-state index >= 15 is 0 Å². The Balaban J connectivity index is 1.78. The van der Waals surface area contributed by atoms with Gasteiger partial charge < -0.3 is 14.8 Å². The van der Waals surface area contributed by atoms with E-state index in [1.54, 1.807) is 36.5 Å². The number of anilines is 1. The molecule has 2 aromatic heterocycles. The quantitative estimate of drug-likeness (QED) is 0.502. The van der Waals surface area contributed by atoms with E-state index < -0.39 is 11.9 Å². The van der Waals surface area contributed by atoms with Crippen LogP contribution in [0.5, 0.6) is 0 Å². The third-order valence-corrected chi connectivity index (χ3v) is 6.54. The first kappa shape index (κ1) is 22.5. The summed E-state index contributed by atoms with van der Waals surface area (Å²) in [5.41, 5.74) is 2.81. The van der Waals surface area contributed by atoms with Gasteiger partial charge in [-0.25, -0.2) is 9.97 Å². The Hall–Kier alpha value is -2.68. The molecule has 1 fully saturated rings. The number of fused-ring (bicyclic) bond motifs is 1. The van der Waals surface area contributed by atoms with Crippen molar-refractivity contribution in [1.82, 2.24) is 19.4 Å². The Labute approximate surface area is 190 Å². The van der Waals surface area contributed by atoms with Gasteiger partial charge in [-0.05, 0) is 43.6 Å². The van der Waals surface area contributed by atoms with Crippen molar-refractivity contribution in [3.8, 4) is 11.5 Å². The van der Waals surface area contributed by atoms with Crippen LogP contribution in [-0.4, -0.2) is 37.9 Å². The smallest absolute Gasteiger partial charge is 0.358 e. The number of aromatic nitrogens is 3. The first-order valence-corrected chi connectivity index (χ1v) is 11.6. The van der Waals surface area contributed by atoms with Crippen LogP contribution in [0.4, 0.5) is 18.9 Å². The van der Waals surface area contributed by atoms with Crippen LogP contribution in [0.25, 0.3) is 23.3 Å². The molecule has 32 heavy (non-hydrogen) atoms. The minimum atomic E-state index is -4.49. The highest BCUT2D eigenvalue weighted by atomic mass is 32.2. The van der Waals surface area contributed by atoms with Gasteiger partial charge >= 0.3 is 6.18 Å². The van der Waals surface area contributed by atoms with Crippen molar-refractivity contribution in [3.63, 3.8) is 0 Å². The van der Waals surface area contributed by atoms with Gasteiger partial charge in [0.25, 0.3) is 0 Å². The lowest BCUT2D eigenvalue weighted by molar-refractivity contribution is -0.105. The van der Waals surface area contributed by atoms with Crippen LogP contribution in [0, 0.1) is 5.92 Å². The molecule has 0 unspecified atom stereocenters. The summed E-state index contributed by atoms with van der Waals surface area (Å²) < 4.78 is 42.7. The number of hydrogen-bond donors (Lipinski definition) is 1. The lowest BCUT2D eigenvalue weighted by Crippen LogP contribution is -2.33. The van der Waals surface area contributed by atoms with E-state index in [0.717, 1.165) is 41.0 Å². The van der Waals surface area contributed by atoms with Crippen molar-refractivity contribution >= 4 is 29.2 Å². The fourth-order valence-electron chi connectivity index (χ4n) is 3.92. The summed E-state index contributed by atoms with van der Waals surface area (Å²) in [5, 5.41) is 3.33. The van der Waals surface area contributed by atoms with Gasteiger partial charge in [0.2, 0.25) is 0 Å². The SMILES string of the molecule is C=C(Nc1cnc(-c2nc3c(n2C)C(=C)N(CC)C(C(F)(F)F)=C3)c(SCC)c1)C1CC1. The predicted molar refractivity (Wildman–Crippen MR) is 124 cm³/mol. The maximum Gasteiger partial charge on any atom is 0.431 e. The van der Waals surface area contributed by atoms with E-state index in [1.807, 2.05) is 13.0 Å². The third-order valence-electron chi connectivity index (χ3n) is 5.63. The zero-order valence-corrected chi connectivity index (χ0v) is 19.2. The van der Waals surface area contributed by atoms with Crippen LogP contribution in [0.3, 0.4) is 0 Å². The summed E-state index contributed by atoms with van der Waals surface area (Å²) in [5.74, 6) is 1.84. The molecule has 2 aliphatic rings.